The van der Waals surface area contributed by atoms with Crippen LogP contribution in [-0.2, 0) is 0 Å². The maximum absolute atomic E-state index is 6.57. The summed E-state index contributed by atoms with van der Waals surface area (Å²) >= 11 is 0. The van der Waals surface area contributed by atoms with Gasteiger partial charge in [0.2, 0.25) is 0 Å². The predicted molar refractivity (Wildman–Crippen MR) is 78.6 cm³/mol. The molecule has 2 rings (SSSR count). The van der Waals surface area contributed by atoms with Crippen molar-refractivity contribution in [2.24, 2.45) is 16.6 Å². The fourth-order valence-electron chi connectivity index (χ4n) is 4.12. The molecule has 106 valence electrons. The smallest absolute Gasteiger partial charge is 0.0252 e. The molecule has 0 aromatic carbocycles. The number of nitrogens with two attached hydrogens (primary N) is 1. The van der Waals surface area contributed by atoms with Gasteiger partial charge in [-0.15, -0.1) is 0 Å². The fourth-order valence-corrected chi connectivity index (χ4v) is 4.12. The summed E-state index contributed by atoms with van der Waals surface area (Å²) in [5.41, 5.74) is 7.48. The van der Waals surface area contributed by atoms with Crippen molar-refractivity contribution in [1.29, 1.82) is 0 Å². The van der Waals surface area contributed by atoms with Crippen LogP contribution in [0.15, 0.2) is 0 Å². The van der Waals surface area contributed by atoms with E-state index in [0.717, 1.165) is 0 Å². The van der Waals surface area contributed by atoms with Crippen LogP contribution < -0.4 is 5.73 Å². The molecule has 2 atom stereocenters. The average Bonchev–Trinajstić information content (AvgIpc) is 2.78. The van der Waals surface area contributed by atoms with E-state index in [1.165, 1.54) is 51.6 Å². The van der Waals surface area contributed by atoms with Gasteiger partial charge in [-0.3, -0.25) is 4.90 Å². The van der Waals surface area contributed by atoms with Gasteiger partial charge in [-0.05, 0) is 49.5 Å². The highest BCUT2D eigenvalue weighted by Crippen LogP contribution is 2.42. The van der Waals surface area contributed by atoms with Gasteiger partial charge in [-0.25, -0.2) is 0 Å². The molecule has 1 saturated heterocycles. The number of nitrogens with zero attached hydrogens (tertiary/aromatic N) is 1. The molecule has 2 heteroatoms. The van der Waals surface area contributed by atoms with Gasteiger partial charge in [0.05, 0.1) is 0 Å². The Labute approximate surface area is 113 Å². The van der Waals surface area contributed by atoms with Gasteiger partial charge in [-0.2, -0.15) is 0 Å². The van der Waals surface area contributed by atoms with E-state index in [9.17, 15) is 0 Å². The zero-order valence-electron chi connectivity index (χ0n) is 12.8. The van der Waals surface area contributed by atoms with Gasteiger partial charge in [0, 0.05) is 18.6 Å². The summed E-state index contributed by atoms with van der Waals surface area (Å²) < 4.78 is 0. The third-order valence-corrected chi connectivity index (χ3v) is 6.07. The molecular formula is C16H32N2. The summed E-state index contributed by atoms with van der Waals surface area (Å²) in [5.74, 6) is 0. The van der Waals surface area contributed by atoms with E-state index in [4.69, 9.17) is 5.73 Å². The van der Waals surface area contributed by atoms with Gasteiger partial charge in [0.25, 0.3) is 0 Å². The Balaban J connectivity index is 2.05. The largest absolute Gasteiger partial charge is 0.326 e. The minimum Gasteiger partial charge on any atom is -0.326 e. The molecule has 1 saturated carbocycles. The lowest BCUT2D eigenvalue weighted by molar-refractivity contribution is 0.0739. The lowest BCUT2D eigenvalue weighted by Gasteiger charge is -2.46. The third kappa shape index (κ3) is 2.46. The van der Waals surface area contributed by atoms with Crippen molar-refractivity contribution >= 4 is 0 Å². The van der Waals surface area contributed by atoms with Crippen LogP contribution >= 0.6 is 0 Å². The Bertz CT molecular complexity index is 281. The van der Waals surface area contributed by atoms with E-state index in [-0.39, 0.29) is 0 Å². The van der Waals surface area contributed by atoms with Crippen molar-refractivity contribution in [3.05, 3.63) is 0 Å². The average molecular weight is 252 g/mol. The number of rotatable bonds is 3. The summed E-state index contributed by atoms with van der Waals surface area (Å²) in [6.45, 7) is 12.0. The molecule has 2 fully saturated rings. The molecule has 2 aliphatic rings. The van der Waals surface area contributed by atoms with Crippen LogP contribution in [0, 0.1) is 10.8 Å². The van der Waals surface area contributed by atoms with Crippen molar-refractivity contribution in [2.75, 3.05) is 13.1 Å². The zero-order chi connectivity index (χ0) is 13.4. The normalized spacial score (nSPS) is 35.8. The highest BCUT2D eigenvalue weighted by atomic mass is 15.2. The van der Waals surface area contributed by atoms with E-state index in [1.807, 2.05) is 0 Å². The van der Waals surface area contributed by atoms with Crippen LogP contribution in [0.4, 0.5) is 0 Å². The van der Waals surface area contributed by atoms with E-state index in [0.29, 0.717) is 22.9 Å². The number of hydrogen-bond acceptors (Lipinski definition) is 2. The molecule has 1 aliphatic heterocycles. The maximum Gasteiger partial charge on any atom is 0.0252 e. The van der Waals surface area contributed by atoms with Crippen molar-refractivity contribution in [3.8, 4) is 0 Å². The molecule has 0 bridgehead atoms. The number of hydrogen-bond donors (Lipinski definition) is 1. The highest BCUT2D eigenvalue weighted by Gasteiger charge is 2.44. The minimum atomic E-state index is 0.326. The van der Waals surface area contributed by atoms with Crippen LogP contribution in [0.5, 0.6) is 0 Å². The SMILES string of the molecule is CCC1(CC)CCN(C2CCCC(C)(C)C2N)C1. The van der Waals surface area contributed by atoms with Gasteiger partial charge >= 0.3 is 0 Å². The second-order valence-corrected chi connectivity index (χ2v) is 7.40. The monoisotopic (exact) mass is 252 g/mol. The van der Waals surface area contributed by atoms with Crippen molar-refractivity contribution in [2.45, 2.75) is 78.3 Å². The minimum absolute atomic E-state index is 0.326. The van der Waals surface area contributed by atoms with E-state index >= 15 is 0 Å². The lowest BCUT2D eigenvalue weighted by atomic mass is 9.70. The Morgan fingerprint density at radius 1 is 1.17 bits per heavy atom. The van der Waals surface area contributed by atoms with Crippen molar-refractivity contribution in [3.63, 3.8) is 0 Å². The highest BCUT2D eigenvalue weighted by molar-refractivity contribution is 5.00. The van der Waals surface area contributed by atoms with E-state index < -0.39 is 0 Å². The lowest BCUT2D eigenvalue weighted by Crippen LogP contribution is -2.56. The second-order valence-electron chi connectivity index (χ2n) is 7.40. The van der Waals surface area contributed by atoms with Gasteiger partial charge < -0.3 is 5.73 Å². The first-order valence-electron chi connectivity index (χ1n) is 7.94. The molecule has 0 aromatic heterocycles. The van der Waals surface area contributed by atoms with Crippen LogP contribution in [0.2, 0.25) is 0 Å². The Hall–Kier alpha value is -0.0800. The second kappa shape index (κ2) is 5.13. The van der Waals surface area contributed by atoms with Crippen molar-refractivity contribution in [1.82, 2.24) is 4.90 Å². The molecule has 0 spiro atoms. The molecule has 1 aliphatic carbocycles. The quantitative estimate of drug-likeness (QED) is 0.834. The summed E-state index contributed by atoms with van der Waals surface area (Å²) in [6.07, 6.45) is 7.99. The molecule has 0 radical (unpaired) electrons. The van der Waals surface area contributed by atoms with Gasteiger partial charge in [0.15, 0.2) is 0 Å². The maximum atomic E-state index is 6.57. The van der Waals surface area contributed by atoms with Crippen LogP contribution in [0.3, 0.4) is 0 Å². The topological polar surface area (TPSA) is 29.3 Å². The fraction of sp³-hybridized carbons (Fsp3) is 1.00. The molecule has 2 unspecified atom stereocenters. The summed E-state index contributed by atoms with van der Waals surface area (Å²) in [6, 6.07) is 0.990. The summed E-state index contributed by atoms with van der Waals surface area (Å²) in [5, 5.41) is 0. The van der Waals surface area contributed by atoms with E-state index in [1.54, 1.807) is 0 Å². The third-order valence-electron chi connectivity index (χ3n) is 6.07. The van der Waals surface area contributed by atoms with Gasteiger partial charge in [0.1, 0.15) is 0 Å². The van der Waals surface area contributed by atoms with Gasteiger partial charge in [-0.1, -0.05) is 34.1 Å². The Morgan fingerprint density at radius 2 is 1.83 bits per heavy atom. The van der Waals surface area contributed by atoms with E-state index in [2.05, 4.69) is 32.6 Å². The zero-order valence-corrected chi connectivity index (χ0v) is 12.8. The molecule has 0 aromatic rings. The first-order chi connectivity index (χ1) is 8.44. The molecular weight excluding hydrogens is 220 g/mol. The van der Waals surface area contributed by atoms with Crippen LogP contribution in [-0.4, -0.2) is 30.1 Å². The summed E-state index contributed by atoms with van der Waals surface area (Å²) in [4.78, 5) is 2.72. The molecule has 2 nitrogen and oxygen atoms in total. The first kappa shape index (κ1) is 14.3. The standard InChI is InChI=1S/C16H32N2/c1-5-16(6-2)10-11-18(12-16)13-8-7-9-15(3,4)14(13)17/h13-14H,5-12,17H2,1-4H3. The Kier molecular flexibility index (Phi) is 4.08. The number of likely N-dealkylation sites (tertiary alicyclic amines) is 1. The predicted octanol–water partition coefficient (Wildman–Crippen LogP) is 3.40. The molecule has 0 amide bonds. The van der Waals surface area contributed by atoms with Crippen molar-refractivity contribution < 1.29 is 0 Å². The first-order valence-corrected chi connectivity index (χ1v) is 7.94. The Morgan fingerprint density at radius 3 is 2.39 bits per heavy atom. The molecule has 2 N–H and O–H groups in total. The summed E-state index contributed by atoms with van der Waals surface area (Å²) in [7, 11) is 0. The van der Waals surface area contributed by atoms with Crippen LogP contribution in [0.25, 0.3) is 0 Å². The molecule has 1 heterocycles. The molecule has 18 heavy (non-hydrogen) atoms. The van der Waals surface area contributed by atoms with Crippen LogP contribution in [0.1, 0.15) is 66.2 Å².